The largest absolute Gasteiger partial charge is 0.340 e. The van der Waals surface area contributed by atoms with E-state index in [9.17, 15) is 4.79 Å². The molecule has 0 unspecified atom stereocenters. The molecule has 0 radical (unpaired) electrons. The highest BCUT2D eigenvalue weighted by molar-refractivity contribution is 6.10. The minimum Gasteiger partial charge on any atom is -0.340 e. The van der Waals surface area contributed by atoms with E-state index in [1.54, 1.807) is 0 Å². The lowest BCUT2D eigenvalue weighted by Gasteiger charge is -2.26. The topological polar surface area (TPSA) is 25.2 Å². The number of aromatic nitrogens is 1. The van der Waals surface area contributed by atoms with Crippen LogP contribution in [-0.4, -0.2) is 28.5 Å². The molecule has 3 nitrogen and oxygen atoms in total. The zero-order chi connectivity index (χ0) is 18.6. The molecule has 0 bridgehead atoms. The number of para-hydroxylation sites is 1. The van der Waals surface area contributed by atoms with Gasteiger partial charge in [-0.2, -0.15) is 0 Å². The van der Waals surface area contributed by atoms with Crippen LogP contribution in [0.15, 0.2) is 42.5 Å². The van der Waals surface area contributed by atoms with Crippen molar-refractivity contribution in [1.29, 1.82) is 0 Å². The van der Waals surface area contributed by atoms with Crippen molar-refractivity contribution in [3.63, 3.8) is 0 Å². The van der Waals surface area contributed by atoms with Crippen LogP contribution in [-0.2, 0) is 6.54 Å². The molecule has 0 saturated carbocycles. The van der Waals surface area contributed by atoms with Gasteiger partial charge in [0.05, 0.1) is 0 Å². The number of fused-ring (bicyclic) bond motifs is 3. The fraction of sp³-hybridized carbons (Fsp3) is 0.458. The lowest BCUT2D eigenvalue weighted by Crippen LogP contribution is -2.35. The van der Waals surface area contributed by atoms with Gasteiger partial charge in [0, 0.05) is 47.0 Å². The third-order valence-electron chi connectivity index (χ3n) is 5.90. The first-order valence-corrected chi connectivity index (χ1v) is 10.6. The van der Waals surface area contributed by atoms with Crippen LogP contribution in [0.2, 0.25) is 0 Å². The van der Waals surface area contributed by atoms with Crippen molar-refractivity contribution < 1.29 is 4.79 Å². The number of carbonyl (C=O) groups is 1. The van der Waals surface area contributed by atoms with E-state index in [-0.39, 0.29) is 5.91 Å². The molecule has 3 aromatic rings. The molecule has 0 spiro atoms. The first-order chi connectivity index (χ1) is 13.3. The second-order valence-electron chi connectivity index (χ2n) is 7.81. The van der Waals surface area contributed by atoms with Gasteiger partial charge in [0.25, 0.3) is 5.91 Å². The number of benzene rings is 2. The number of piperidine rings is 1. The monoisotopic (exact) mass is 362 g/mol. The summed E-state index contributed by atoms with van der Waals surface area (Å²) in [5.74, 6) is 0.191. The lowest BCUT2D eigenvalue weighted by molar-refractivity contribution is 0.0724. The summed E-state index contributed by atoms with van der Waals surface area (Å²) < 4.78 is 2.44. The van der Waals surface area contributed by atoms with Crippen molar-refractivity contribution in [3.8, 4) is 0 Å². The van der Waals surface area contributed by atoms with Crippen LogP contribution in [0.4, 0.5) is 0 Å². The summed E-state index contributed by atoms with van der Waals surface area (Å²) in [6, 6.07) is 14.9. The van der Waals surface area contributed by atoms with Crippen molar-refractivity contribution >= 4 is 27.7 Å². The van der Waals surface area contributed by atoms with E-state index in [1.807, 2.05) is 11.0 Å². The second-order valence-corrected chi connectivity index (χ2v) is 7.81. The van der Waals surface area contributed by atoms with Crippen molar-refractivity contribution in [1.82, 2.24) is 9.47 Å². The normalized spacial score (nSPS) is 14.9. The molecule has 0 aliphatic carbocycles. The molecule has 0 N–H and O–H groups in total. The van der Waals surface area contributed by atoms with Crippen LogP contribution >= 0.6 is 0 Å². The Morgan fingerprint density at radius 1 is 0.889 bits per heavy atom. The number of likely N-dealkylation sites (tertiary alicyclic amines) is 1. The Labute approximate surface area is 162 Å². The first kappa shape index (κ1) is 18.1. The molecule has 1 saturated heterocycles. The molecule has 3 heteroatoms. The van der Waals surface area contributed by atoms with Crippen LogP contribution < -0.4 is 0 Å². The van der Waals surface area contributed by atoms with Gasteiger partial charge in [-0.25, -0.2) is 0 Å². The van der Waals surface area contributed by atoms with Gasteiger partial charge >= 0.3 is 0 Å². The third kappa shape index (κ3) is 3.60. The summed E-state index contributed by atoms with van der Waals surface area (Å²) in [6.07, 6.45) is 8.54. The summed E-state index contributed by atoms with van der Waals surface area (Å²) >= 11 is 0. The van der Waals surface area contributed by atoms with Crippen LogP contribution in [0.25, 0.3) is 21.8 Å². The molecule has 0 atom stereocenters. The van der Waals surface area contributed by atoms with Gasteiger partial charge in [-0.15, -0.1) is 0 Å². The SMILES string of the molecule is CCCCCCn1c2ccccc2c2cc(C(=O)N3CCCCC3)ccc21. The number of carbonyl (C=O) groups excluding carboxylic acids is 1. The smallest absolute Gasteiger partial charge is 0.253 e. The van der Waals surface area contributed by atoms with E-state index in [0.717, 1.165) is 38.0 Å². The number of aryl methyl sites for hydroxylation is 1. The molecule has 27 heavy (non-hydrogen) atoms. The molecule has 1 amide bonds. The molecular weight excluding hydrogens is 332 g/mol. The molecule has 1 fully saturated rings. The molecule has 4 rings (SSSR count). The quantitative estimate of drug-likeness (QED) is 0.494. The van der Waals surface area contributed by atoms with Gasteiger partial charge in [0.15, 0.2) is 0 Å². The fourth-order valence-corrected chi connectivity index (χ4v) is 4.40. The number of unbranched alkanes of at least 4 members (excludes halogenated alkanes) is 3. The first-order valence-electron chi connectivity index (χ1n) is 10.6. The Bertz CT molecular complexity index is 934. The minimum absolute atomic E-state index is 0.191. The van der Waals surface area contributed by atoms with Crippen molar-refractivity contribution in [2.75, 3.05) is 13.1 Å². The van der Waals surface area contributed by atoms with Gasteiger partial charge in [0.2, 0.25) is 0 Å². The van der Waals surface area contributed by atoms with Crippen molar-refractivity contribution in [3.05, 3.63) is 48.0 Å². The zero-order valence-electron chi connectivity index (χ0n) is 16.4. The van der Waals surface area contributed by atoms with Gasteiger partial charge < -0.3 is 9.47 Å². The maximum atomic E-state index is 12.9. The van der Waals surface area contributed by atoms with Crippen LogP contribution in [0.3, 0.4) is 0 Å². The number of amides is 1. The number of nitrogens with zero attached hydrogens (tertiary/aromatic N) is 2. The van der Waals surface area contributed by atoms with Crippen molar-refractivity contribution in [2.45, 2.75) is 58.4 Å². The van der Waals surface area contributed by atoms with Crippen molar-refractivity contribution in [2.24, 2.45) is 0 Å². The van der Waals surface area contributed by atoms with Gasteiger partial charge in [0.1, 0.15) is 0 Å². The summed E-state index contributed by atoms with van der Waals surface area (Å²) in [5, 5.41) is 2.47. The highest BCUT2D eigenvalue weighted by atomic mass is 16.2. The van der Waals surface area contributed by atoms with E-state index in [2.05, 4.69) is 47.9 Å². The fourth-order valence-electron chi connectivity index (χ4n) is 4.40. The Kier molecular flexibility index (Phi) is 5.47. The number of hydrogen-bond acceptors (Lipinski definition) is 1. The Hall–Kier alpha value is -2.29. The standard InChI is InChI=1S/C24H30N2O/c1-2-3-4-10-17-26-22-12-7-6-11-20(22)21-18-19(13-14-23(21)26)24(27)25-15-8-5-9-16-25/h6-7,11-14,18H,2-5,8-10,15-17H2,1H3. The van der Waals surface area contributed by atoms with Gasteiger partial charge in [-0.3, -0.25) is 4.79 Å². The Morgan fingerprint density at radius 2 is 1.67 bits per heavy atom. The maximum Gasteiger partial charge on any atom is 0.253 e. The molecule has 1 aliphatic heterocycles. The van der Waals surface area contributed by atoms with Crippen LogP contribution in [0.5, 0.6) is 0 Å². The molecule has 1 aliphatic rings. The summed E-state index contributed by atoms with van der Waals surface area (Å²) in [5.41, 5.74) is 3.37. The van der Waals surface area contributed by atoms with Gasteiger partial charge in [-0.1, -0.05) is 44.4 Å². The van der Waals surface area contributed by atoms with Gasteiger partial charge in [-0.05, 0) is 49.9 Å². The predicted octanol–water partition coefficient (Wildman–Crippen LogP) is 6.00. The number of hydrogen-bond donors (Lipinski definition) is 0. The number of rotatable bonds is 6. The Morgan fingerprint density at radius 3 is 2.48 bits per heavy atom. The molecule has 142 valence electrons. The average molecular weight is 363 g/mol. The van der Waals surface area contributed by atoms with E-state index < -0.39 is 0 Å². The van der Waals surface area contributed by atoms with E-state index in [0.29, 0.717) is 0 Å². The highest BCUT2D eigenvalue weighted by Gasteiger charge is 2.19. The maximum absolute atomic E-state index is 12.9. The third-order valence-corrected chi connectivity index (χ3v) is 5.90. The molecule has 2 heterocycles. The highest BCUT2D eigenvalue weighted by Crippen LogP contribution is 2.30. The van der Waals surface area contributed by atoms with E-state index in [1.165, 1.54) is 53.9 Å². The van der Waals surface area contributed by atoms with E-state index in [4.69, 9.17) is 0 Å². The molecular formula is C24H30N2O. The predicted molar refractivity (Wildman–Crippen MR) is 113 cm³/mol. The molecule has 1 aromatic heterocycles. The second kappa shape index (κ2) is 8.16. The summed E-state index contributed by atoms with van der Waals surface area (Å²) in [7, 11) is 0. The summed E-state index contributed by atoms with van der Waals surface area (Å²) in [6.45, 7) is 5.09. The van der Waals surface area contributed by atoms with E-state index >= 15 is 0 Å². The molecule has 2 aromatic carbocycles. The van der Waals surface area contributed by atoms with Crippen LogP contribution in [0.1, 0.15) is 62.2 Å². The average Bonchev–Trinajstić information content (AvgIpc) is 3.04. The Balaban J connectivity index is 1.70. The summed E-state index contributed by atoms with van der Waals surface area (Å²) in [4.78, 5) is 15.0. The minimum atomic E-state index is 0.191. The van der Waals surface area contributed by atoms with Crippen LogP contribution in [0, 0.1) is 0 Å². The lowest BCUT2D eigenvalue weighted by atomic mass is 10.1. The zero-order valence-corrected chi connectivity index (χ0v) is 16.4.